The third-order valence-electron chi connectivity index (χ3n) is 4.30. The van der Waals surface area contributed by atoms with Gasteiger partial charge in [0.25, 0.3) is 5.91 Å². The second-order valence-electron chi connectivity index (χ2n) is 6.49. The molecule has 0 saturated heterocycles. The summed E-state index contributed by atoms with van der Waals surface area (Å²) in [5.74, 6) is -0.777. The molecule has 3 rings (SSSR count). The van der Waals surface area contributed by atoms with Crippen LogP contribution >= 0.6 is 0 Å². The van der Waals surface area contributed by atoms with E-state index in [1.807, 2.05) is 0 Å². The molecule has 0 spiro atoms. The summed E-state index contributed by atoms with van der Waals surface area (Å²) in [6, 6.07) is 9.20. The van der Waals surface area contributed by atoms with Crippen molar-refractivity contribution >= 4 is 11.6 Å². The Morgan fingerprint density at radius 1 is 1.23 bits per heavy atom. The van der Waals surface area contributed by atoms with Crippen LogP contribution in [0.15, 0.2) is 40.9 Å². The van der Waals surface area contributed by atoms with Gasteiger partial charge in [0.05, 0.1) is 19.2 Å². The molecular formula is C20H18F4N4O3. The van der Waals surface area contributed by atoms with Crippen LogP contribution in [0.4, 0.5) is 23.2 Å². The summed E-state index contributed by atoms with van der Waals surface area (Å²) in [5.41, 5.74) is 0.742. The van der Waals surface area contributed by atoms with E-state index in [0.717, 1.165) is 6.07 Å². The molecule has 0 aliphatic heterocycles. The van der Waals surface area contributed by atoms with Crippen molar-refractivity contribution in [1.82, 2.24) is 15.5 Å². The van der Waals surface area contributed by atoms with Crippen LogP contribution in [-0.2, 0) is 6.54 Å². The van der Waals surface area contributed by atoms with Crippen molar-refractivity contribution in [3.63, 3.8) is 0 Å². The highest BCUT2D eigenvalue weighted by Crippen LogP contribution is 2.27. The number of rotatable bonds is 7. The van der Waals surface area contributed by atoms with E-state index in [4.69, 9.17) is 9.26 Å². The lowest BCUT2D eigenvalue weighted by Crippen LogP contribution is -2.33. The van der Waals surface area contributed by atoms with Gasteiger partial charge in [-0.3, -0.25) is 4.79 Å². The van der Waals surface area contributed by atoms with Gasteiger partial charge in [-0.1, -0.05) is 17.3 Å². The molecule has 0 atom stereocenters. The van der Waals surface area contributed by atoms with Crippen molar-refractivity contribution in [2.24, 2.45) is 0 Å². The fourth-order valence-electron chi connectivity index (χ4n) is 2.71. The standard InChI is InChI=1S/C20H18F4N4O3/c1-11-14(21)7-12(19(29)26-10-20(22,23)24)8-15(11)25-9-17-27-18(28-31-17)13-5-3-4-6-16(13)30-2/h3-8,25H,9-10H2,1-2H3,(H,26,29). The van der Waals surface area contributed by atoms with E-state index in [-0.39, 0.29) is 35.1 Å². The number of benzene rings is 2. The van der Waals surface area contributed by atoms with Crippen molar-refractivity contribution in [2.75, 3.05) is 19.0 Å². The topological polar surface area (TPSA) is 89.3 Å². The lowest BCUT2D eigenvalue weighted by Gasteiger charge is -2.12. The number of carbonyl (C=O) groups is 1. The Kier molecular flexibility index (Phi) is 6.42. The summed E-state index contributed by atoms with van der Waals surface area (Å²) >= 11 is 0. The van der Waals surface area contributed by atoms with E-state index in [1.54, 1.807) is 29.6 Å². The van der Waals surface area contributed by atoms with Gasteiger partial charge in [0.1, 0.15) is 18.1 Å². The molecule has 7 nitrogen and oxygen atoms in total. The van der Waals surface area contributed by atoms with Crippen molar-refractivity contribution in [2.45, 2.75) is 19.6 Å². The number of hydrogen-bond donors (Lipinski definition) is 2. The summed E-state index contributed by atoms with van der Waals surface area (Å²) in [6.45, 7) is -0.0585. The zero-order chi connectivity index (χ0) is 22.6. The summed E-state index contributed by atoms with van der Waals surface area (Å²) in [6.07, 6.45) is -4.57. The number of nitrogens with one attached hydrogen (secondary N) is 2. The van der Waals surface area contributed by atoms with Gasteiger partial charge in [0.15, 0.2) is 0 Å². The molecule has 0 fully saturated rings. The first-order valence-corrected chi connectivity index (χ1v) is 9.03. The number of hydrogen-bond acceptors (Lipinski definition) is 6. The second-order valence-corrected chi connectivity index (χ2v) is 6.49. The van der Waals surface area contributed by atoms with Gasteiger partial charge in [-0.15, -0.1) is 0 Å². The summed E-state index contributed by atoms with van der Waals surface area (Å²) in [4.78, 5) is 16.2. The molecular weight excluding hydrogens is 420 g/mol. The van der Waals surface area contributed by atoms with Gasteiger partial charge >= 0.3 is 6.18 Å². The van der Waals surface area contributed by atoms with Crippen molar-refractivity contribution in [3.05, 3.63) is 59.2 Å². The maximum absolute atomic E-state index is 14.2. The summed E-state index contributed by atoms with van der Waals surface area (Å²) < 4.78 is 61.6. The lowest BCUT2D eigenvalue weighted by atomic mass is 10.1. The van der Waals surface area contributed by atoms with Crippen molar-refractivity contribution < 1.29 is 31.6 Å². The third kappa shape index (κ3) is 5.50. The van der Waals surface area contributed by atoms with Crippen LogP contribution in [0, 0.1) is 12.7 Å². The van der Waals surface area contributed by atoms with Gasteiger partial charge < -0.3 is 19.9 Å². The minimum absolute atomic E-state index is 0.00392. The molecule has 0 radical (unpaired) electrons. The Morgan fingerprint density at radius 2 is 1.97 bits per heavy atom. The molecule has 0 aliphatic rings. The number of amides is 1. The molecule has 0 bridgehead atoms. The first kappa shape index (κ1) is 22.1. The number of aromatic nitrogens is 2. The molecule has 2 aromatic carbocycles. The summed E-state index contributed by atoms with van der Waals surface area (Å²) in [7, 11) is 1.51. The Labute approximate surface area is 174 Å². The molecule has 0 aliphatic carbocycles. The van der Waals surface area contributed by atoms with Gasteiger partial charge in [0.2, 0.25) is 11.7 Å². The molecule has 31 heavy (non-hydrogen) atoms. The van der Waals surface area contributed by atoms with Crippen LogP contribution in [-0.4, -0.2) is 35.9 Å². The first-order chi connectivity index (χ1) is 14.7. The molecule has 11 heteroatoms. The fourth-order valence-corrected chi connectivity index (χ4v) is 2.71. The number of methoxy groups -OCH3 is 1. The first-order valence-electron chi connectivity index (χ1n) is 9.03. The minimum Gasteiger partial charge on any atom is -0.496 e. The number of anilines is 1. The molecule has 1 heterocycles. The quantitative estimate of drug-likeness (QED) is 0.540. The molecule has 3 aromatic rings. The molecule has 1 aromatic heterocycles. The van der Waals surface area contributed by atoms with Crippen molar-refractivity contribution in [1.29, 1.82) is 0 Å². The number of para-hydroxylation sites is 1. The average molecular weight is 438 g/mol. The van der Waals surface area contributed by atoms with Gasteiger partial charge in [-0.2, -0.15) is 18.2 Å². The Morgan fingerprint density at radius 3 is 2.68 bits per heavy atom. The zero-order valence-electron chi connectivity index (χ0n) is 16.5. The Hall–Kier alpha value is -3.63. The van der Waals surface area contributed by atoms with E-state index in [0.29, 0.717) is 11.3 Å². The smallest absolute Gasteiger partial charge is 0.405 e. The average Bonchev–Trinajstić information content (AvgIpc) is 3.21. The molecule has 0 saturated carbocycles. The van der Waals surface area contributed by atoms with E-state index in [2.05, 4.69) is 15.5 Å². The van der Waals surface area contributed by atoms with E-state index in [9.17, 15) is 22.4 Å². The third-order valence-corrected chi connectivity index (χ3v) is 4.30. The molecule has 164 valence electrons. The number of alkyl halides is 3. The Balaban J connectivity index is 1.74. The largest absolute Gasteiger partial charge is 0.496 e. The van der Waals surface area contributed by atoms with Crippen LogP contribution in [0.5, 0.6) is 5.75 Å². The SMILES string of the molecule is COc1ccccc1-c1noc(CNc2cc(C(=O)NCC(F)(F)F)cc(F)c2C)n1. The maximum atomic E-state index is 14.2. The normalized spacial score (nSPS) is 11.3. The highest BCUT2D eigenvalue weighted by atomic mass is 19.4. The van der Waals surface area contributed by atoms with E-state index >= 15 is 0 Å². The van der Waals surface area contributed by atoms with Gasteiger partial charge in [-0.25, -0.2) is 4.39 Å². The maximum Gasteiger partial charge on any atom is 0.405 e. The van der Waals surface area contributed by atoms with Gasteiger partial charge in [-0.05, 0) is 31.2 Å². The van der Waals surface area contributed by atoms with Crippen molar-refractivity contribution in [3.8, 4) is 17.1 Å². The van der Waals surface area contributed by atoms with Gasteiger partial charge in [0, 0.05) is 16.8 Å². The predicted octanol–water partition coefficient (Wildman–Crippen LogP) is 4.10. The van der Waals surface area contributed by atoms with Crippen LogP contribution in [0.25, 0.3) is 11.4 Å². The fraction of sp³-hybridized carbons (Fsp3) is 0.250. The second kappa shape index (κ2) is 9.02. The number of ether oxygens (including phenoxy) is 1. The highest BCUT2D eigenvalue weighted by molar-refractivity contribution is 5.95. The van der Waals surface area contributed by atoms with Crippen LogP contribution in [0.2, 0.25) is 0 Å². The highest BCUT2D eigenvalue weighted by Gasteiger charge is 2.28. The van der Waals surface area contributed by atoms with Crippen LogP contribution in [0.3, 0.4) is 0 Å². The monoisotopic (exact) mass is 438 g/mol. The van der Waals surface area contributed by atoms with Crippen LogP contribution in [0.1, 0.15) is 21.8 Å². The number of nitrogens with zero attached hydrogens (tertiary/aromatic N) is 2. The predicted molar refractivity (Wildman–Crippen MR) is 103 cm³/mol. The minimum atomic E-state index is -4.57. The van der Waals surface area contributed by atoms with E-state index in [1.165, 1.54) is 20.1 Å². The Bertz CT molecular complexity index is 1080. The van der Waals surface area contributed by atoms with E-state index < -0.39 is 24.4 Å². The molecule has 0 unspecified atom stereocenters. The zero-order valence-corrected chi connectivity index (χ0v) is 16.5. The van der Waals surface area contributed by atoms with Crippen LogP contribution < -0.4 is 15.4 Å². The number of halogens is 4. The lowest BCUT2D eigenvalue weighted by molar-refractivity contribution is -0.123. The molecule has 1 amide bonds. The molecule has 2 N–H and O–H groups in total. The summed E-state index contributed by atoms with van der Waals surface area (Å²) in [5, 5.41) is 8.46. The number of carbonyl (C=O) groups excluding carboxylic acids is 1.